The molecule has 47 heavy (non-hydrogen) atoms. The fourth-order valence-corrected chi connectivity index (χ4v) is 11.1. The summed E-state index contributed by atoms with van der Waals surface area (Å²) in [5, 5.41) is 23.9. The number of fused-ring (bicyclic) bond motifs is 6. The van der Waals surface area contributed by atoms with Gasteiger partial charge < -0.3 is 19.3 Å². The quantitative estimate of drug-likeness (QED) is 0.175. The largest absolute Gasteiger partial charge is 0.437 e. The van der Waals surface area contributed by atoms with Gasteiger partial charge >= 0.3 is 14.7 Å². The summed E-state index contributed by atoms with van der Waals surface area (Å²) in [5.74, 6) is -1.69. The van der Waals surface area contributed by atoms with E-state index in [0.29, 0.717) is 39.7 Å². The Morgan fingerprint density at radius 1 is 0.447 bits per heavy atom. The van der Waals surface area contributed by atoms with Crippen molar-refractivity contribution in [3.8, 4) is 33.8 Å². The predicted octanol–water partition coefficient (Wildman–Crippen LogP) is 8.59. The van der Waals surface area contributed by atoms with Gasteiger partial charge in [-0.2, -0.15) is 0 Å². The Hall–Kier alpha value is -4.70. The SMILES string of the molecule is O=P1(C(O)c2ccc(Cc3ccc(C(O)P4(=O)Oc5ccccc5-c5ccccc54)cc3)cc2)Oc2ccccc2-c2ccccc21. The van der Waals surface area contributed by atoms with Crippen molar-refractivity contribution < 1.29 is 28.4 Å². The molecule has 0 aromatic heterocycles. The van der Waals surface area contributed by atoms with Crippen LogP contribution in [0.25, 0.3) is 22.3 Å². The minimum absolute atomic E-state index is 0.493. The highest BCUT2D eigenvalue weighted by molar-refractivity contribution is 7.68. The lowest BCUT2D eigenvalue weighted by Gasteiger charge is -2.31. The molecule has 0 bridgehead atoms. The first-order valence-corrected chi connectivity index (χ1v) is 18.7. The van der Waals surface area contributed by atoms with Crippen LogP contribution < -0.4 is 19.7 Å². The van der Waals surface area contributed by atoms with E-state index in [1.165, 1.54) is 0 Å². The fraction of sp³-hybridized carbons (Fsp3) is 0.0769. The molecule has 2 aliphatic rings. The maximum absolute atomic E-state index is 14.3. The monoisotopic (exact) mass is 656 g/mol. The first-order chi connectivity index (χ1) is 22.8. The molecule has 8 heteroatoms. The average molecular weight is 657 g/mol. The van der Waals surface area contributed by atoms with E-state index in [9.17, 15) is 19.3 Å². The number of para-hydroxylation sites is 2. The van der Waals surface area contributed by atoms with Crippen LogP contribution in [0.2, 0.25) is 0 Å². The van der Waals surface area contributed by atoms with Crippen molar-refractivity contribution in [1.82, 2.24) is 0 Å². The molecule has 0 saturated heterocycles. The molecule has 0 saturated carbocycles. The van der Waals surface area contributed by atoms with Crippen LogP contribution in [0.1, 0.15) is 33.9 Å². The number of aliphatic hydroxyl groups is 2. The first-order valence-electron chi connectivity index (χ1n) is 15.4. The van der Waals surface area contributed by atoms with Crippen molar-refractivity contribution in [2.24, 2.45) is 0 Å². The molecule has 0 radical (unpaired) electrons. The van der Waals surface area contributed by atoms with Gasteiger partial charge in [0.1, 0.15) is 11.5 Å². The van der Waals surface area contributed by atoms with E-state index in [4.69, 9.17) is 9.05 Å². The molecule has 4 atom stereocenters. The molecule has 2 N–H and O–H groups in total. The minimum atomic E-state index is -3.70. The molecular weight excluding hydrogens is 626 g/mol. The summed E-state index contributed by atoms with van der Waals surface area (Å²) < 4.78 is 40.8. The summed E-state index contributed by atoms with van der Waals surface area (Å²) in [7, 11) is -7.41. The minimum Gasteiger partial charge on any atom is -0.437 e. The smallest absolute Gasteiger partial charge is 0.310 e. The Bertz CT molecular complexity index is 2070. The van der Waals surface area contributed by atoms with Crippen LogP contribution in [0.4, 0.5) is 0 Å². The number of rotatable bonds is 6. The molecule has 0 fully saturated rings. The maximum atomic E-state index is 14.3. The summed E-state index contributed by atoms with van der Waals surface area (Å²) in [6.45, 7) is 0. The van der Waals surface area contributed by atoms with E-state index < -0.39 is 26.4 Å². The molecule has 232 valence electrons. The molecule has 6 aromatic carbocycles. The van der Waals surface area contributed by atoms with Gasteiger partial charge in [-0.25, -0.2) is 0 Å². The van der Waals surface area contributed by atoms with Crippen LogP contribution in [0.3, 0.4) is 0 Å². The highest BCUT2D eigenvalue weighted by Gasteiger charge is 2.44. The molecular formula is C39H30O6P2. The van der Waals surface area contributed by atoms with Crippen LogP contribution >= 0.6 is 14.7 Å². The van der Waals surface area contributed by atoms with Crippen LogP contribution in [0.5, 0.6) is 11.5 Å². The van der Waals surface area contributed by atoms with E-state index in [-0.39, 0.29) is 0 Å². The first kappa shape index (κ1) is 29.7. The Kier molecular flexibility index (Phi) is 7.28. The Labute approximate surface area is 272 Å². The summed E-state index contributed by atoms with van der Waals surface area (Å²) in [5.41, 5.74) is 6.28. The van der Waals surface area contributed by atoms with Crippen LogP contribution in [0.15, 0.2) is 146 Å². The van der Waals surface area contributed by atoms with Gasteiger partial charge in [0.05, 0.1) is 10.6 Å². The van der Waals surface area contributed by atoms with Gasteiger partial charge in [-0.05, 0) is 64.1 Å². The third-order valence-corrected chi connectivity index (χ3v) is 13.9. The molecule has 0 aliphatic carbocycles. The zero-order valence-corrected chi connectivity index (χ0v) is 26.9. The molecule has 2 heterocycles. The van der Waals surface area contributed by atoms with Gasteiger partial charge in [0, 0.05) is 11.1 Å². The van der Waals surface area contributed by atoms with Gasteiger partial charge in [0.25, 0.3) is 0 Å². The van der Waals surface area contributed by atoms with Gasteiger partial charge in [-0.1, -0.05) is 121 Å². The molecule has 0 amide bonds. The van der Waals surface area contributed by atoms with Crippen LogP contribution in [-0.4, -0.2) is 10.2 Å². The van der Waals surface area contributed by atoms with E-state index in [1.54, 1.807) is 48.5 Å². The highest BCUT2D eigenvalue weighted by atomic mass is 31.2. The molecule has 4 unspecified atom stereocenters. The lowest BCUT2D eigenvalue weighted by molar-refractivity contribution is 0.240. The second-order valence-electron chi connectivity index (χ2n) is 11.8. The summed E-state index contributed by atoms with van der Waals surface area (Å²) in [6, 6.07) is 44.3. The molecule has 0 spiro atoms. The zero-order chi connectivity index (χ0) is 32.2. The third-order valence-electron chi connectivity index (χ3n) is 8.91. The van der Waals surface area contributed by atoms with E-state index >= 15 is 0 Å². The lowest BCUT2D eigenvalue weighted by atomic mass is 10.0. The number of hydrogen-bond acceptors (Lipinski definition) is 6. The maximum Gasteiger partial charge on any atom is 0.310 e. The third kappa shape index (κ3) is 4.97. The lowest BCUT2D eigenvalue weighted by Crippen LogP contribution is -2.22. The normalized spacial score (nSPS) is 20.3. The second-order valence-corrected chi connectivity index (χ2v) is 16.5. The highest BCUT2D eigenvalue weighted by Crippen LogP contribution is 2.63. The number of hydrogen-bond donors (Lipinski definition) is 2. The predicted molar refractivity (Wildman–Crippen MR) is 185 cm³/mol. The summed E-state index contributed by atoms with van der Waals surface area (Å²) in [4.78, 5) is 0. The topological polar surface area (TPSA) is 93.1 Å². The van der Waals surface area contributed by atoms with Crippen LogP contribution in [0, 0.1) is 0 Å². The molecule has 6 nitrogen and oxygen atoms in total. The average Bonchev–Trinajstić information content (AvgIpc) is 3.12. The van der Waals surface area contributed by atoms with Crippen molar-refractivity contribution in [3.05, 3.63) is 168 Å². The van der Waals surface area contributed by atoms with Crippen molar-refractivity contribution in [2.75, 3.05) is 0 Å². The zero-order valence-electron chi connectivity index (χ0n) is 25.1. The van der Waals surface area contributed by atoms with E-state index in [1.807, 2.05) is 97.1 Å². The van der Waals surface area contributed by atoms with E-state index in [0.717, 1.165) is 33.4 Å². The van der Waals surface area contributed by atoms with Gasteiger partial charge in [-0.3, -0.25) is 9.13 Å². The van der Waals surface area contributed by atoms with Crippen molar-refractivity contribution in [2.45, 2.75) is 18.1 Å². The fourth-order valence-electron chi connectivity index (χ4n) is 6.48. The van der Waals surface area contributed by atoms with Crippen molar-refractivity contribution in [1.29, 1.82) is 0 Å². The Morgan fingerprint density at radius 2 is 0.787 bits per heavy atom. The van der Waals surface area contributed by atoms with E-state index in [2.05, 4.69) is 0 Å². The van der Waals surface area contributed by atoms with Gasteiger partial charge in [-0.15, -0.1) is 0 Å². The summed E-state index contributed by atoms with van der Waals surface area (Å²) >= 11 is 0. The van der Waals surface area contributed by atoms with Gasteiger partial charge in [0.15, 0.2) is 11.7 Å². The van der Waals surface area contributed by atoms with Gasteiger partial charge in [0.2, 0.25) is 0 Å². The molecule has 6 aromatic rings. The van der Waals surface area contributed by atoms with Crippen molar-refractivity contribution >= 4 is 25.3 Å². The Balaban J connectivity index is 1.01. The molecule has 2 aliphatic heterocycles. The second kappa shape index (κ2) is 11.5. The number of benzene rings is 6. The standard InChI is InChI=1S/C39H30O6P2/c40-38(46(42)36-15-7-3-11-32(36)30-9-1-5-13-34(30)44-46)28-21-17-26(18-22-28)25-27-19-23-29(24-20-27)39(41)47(43)37-16-8-4-12-33(37)31-10-2-6-14-35(31)45-47/h1-24,38-41H,25H2. The van der Waals surface area contributed by atoms with Crippen LogP contribution in [-0.2, 0) is 15.6 Å². The Morgan fingerprint density at radius 3 is 1.19 bits per heavy atom. The molecule has 8 rings (SSSR count). The number of aliphatic hydroxyl groups excluding tert-OH is 2. The summed E-state index contributed by atoms with van der Waals surface area (Å²) in [6.07, 6.45) is 0.585. The van der Waals surface area contributed by atoms with Crippen molar-refractivity contribution in [3.63, 3.8) is 0 Å².